The van der Waals surface area contributed by atoms with Gasteiger partial charge in [-0.05, 0) is 70.5 Å². The van der Waals surface area contributed by atoms with E-state index in [2.05, 4.69) is 62.2 Å². The summed E-state index contributed by atoms with van der Waals surface area (Å²) < 4.78 is 0. The molecule has 1 aromatic rings. The van der Waals surface area contributed by atoms with Gasteiger partial charge in [0, 0.05) is 31.4 Å². The van der Waals surface area contributed by atoms with Crippen LogP contribution in [0.1, 0.15) is 43.8 Å². The molecule has 5 unspecified atom stereocenters. The summed E-state index contributed by atoms with van der Waals surface area (Å²) >= 11 is 6.54. The number of aliphatic hydroxyl groups is 1. The van der Waals surface area contributed by atoms with Gasteiger partial charge in [0.2, 0.25) is 0 Å². The normalized spacial score (nSPS) is 33.9. The number of piperidine rings is 1. The van der Waals surface area contributed by atoms with Gasteiger partial charge in [0.15, 0.2) is 0 Å². The largest absolute Gasteiger partial charge is 0.390 e. The molecular formula is C26H35ClN6O. The fraction of sp³-hybridized carbons (Fsp3) is 0.577. The highest BCUT2D eigenvalue weighted by molar-refractivity contribution is 6.31. The molecule has 3 saturated heterocycles. The second-order valence-corrected chi connectivity index (χ2v) is 10.7. The van der Waals surface area contributed by atoms with Crippen LogP contribution in [0.15, 0.2) is 53.8 Å². The Balaban J connectivity index is 1.30. The molecule has 6 heterocycles. The summed E-state index contributed by atoms with van der Waals surface area (Å²) in [5, 5.41) is 15.1. The number of halogens is 1. The second kappa shape index (κ2) is 8.86. The van der Waals surface area contributed by atoms with E-state index in [0.29, 0.717) is 12.1 Å². The Bertz CT molecular complexity index is 1030. The zero-order valence-electron chi connectivity index (χ0n) is 20.1. The molecule has 182 valence electrons. The van der Waals surface area contributed by atoms with E-state index in [1.165, 1.54) is 18.7 Å². The van der Waals surface area contributed by atoms with Crippen LogP contribution in [-0.4, -0.2) is 87.8 Å². The molecule has 34 heavy (non-hydrogen) atoms. The lowest BCUT2D eigenvalue weighted by atomic mass is 9.91. The minimum absolute atomic E-state index is 0.0178. The van der Waals surface area contributed by atoms with Crippen molar-refractivity contribution >= 4 is 11.6 Å². The molecule has 8 heteroatoms. The number of rotatable bonds is 4. The minimum atomic E-state index is 0.0178. The van der Waals surface area contributed by atoms with Crippen LogP contribution in [0.5, 0.6) is 0 Å². The Labute approximate surface area is 207 Å². The maximum absolute atomic E-state index is 10.6. The summed E-state index contributed by atoms with van der Waals surface area (Å²) in [5.74, 6) is 1.21. The zero-order valence-corrected chi connectivity index (χ0v) is 20.8. The topological polar surface area (TPSA) is 58.1 Å². The van der Waals surface area contributed by atoms with Crippen molar-refractivity contribution in [2.24, 2.45) is 0 Å². The lowest BCUT2D eigenvalue weighted by molar-refractivity contribution is 0.0837. The first kappa shape index (κ1) is 22.4. The number of aliphatic hydroxyl groups excluding tert-OH is 1. The molecule has 2 bridgehead atoms. The molecule has 0 aliphatic carbocycles. The number of likely N-dealkylation sites (tertiary alicyclic amines) is 2. The number of hydrogen-bond acceptors (Lipinski definition) is 7. The molecule has 7 nitrogen and oxygen atoms in total. The summed E-state index contributed by atoms with van der Waals surface area (Å²) in [6, 6.07) is 5.41. The molecule has 0 amide bonds. The van der Waals surface area contributed by atoms with Gasteiger partial charge in [-0.25, -0.2) is 0 Å². The third kappa shape index (κ3) is 3.56. The quantitative estimate of drug-likeness (QED) is 0.684. The van der Waals surface area contributed by atoms with E-state index in [-0.39, 0.29) is 24.9 Å². The number of hydrogen-bond donors (Lipinski definition) is 2. The molecule has 5 aliphatic heterocycles. The Kier molecular flexibility index (Phi) is 5.84. The number of nitrogens with zero attached hydrogens (tertiary/aromatic N) is 5. The van der Waals surface area contributed by atoms with E-state index in [0.717, 1.165) is 54.5 Å². The fourth-order valence-corrected chi connectivity index (χ4v) is 7.05. The Morgan fingerprint density at radius 3 is 2.59 bits per heavy atom. The van der Waals surface area contributed by atoms with E-state index in [4.69, 9.17) is 11.6 Å². The van der Waals surface area contributed by atoms with E-state index in [1.807, 2.05) is 18.3 Å². The third-order valence-electron chi connectivity index (χ3n) is 8.66. The second-order valence-electron chi connectivity index (χ2n) is 10.3. The molecular weight excluding hydrogens is 448 g/mol. The molecule has 1 aromatic heterocycles. The van der Waals surface area contributed by atoms with Crippen LogP contribution in [0.25, 0.3) is 0 Å². The van der Waals surface area contributed by atoms with Gasteiger partial charge in [-0.3, -0.25) is 14.8 Å². The van der Waals surface area contributed by atoms with Crippen LogP contribution in [0.2, 0.25) is 5.02 Å². The molecule has 2 N–H and O–H groups in total. The number of allylic oxidation sites excluding steroid dienone is 2. The highest BCUT2D eigenvalue weighted by atomic mass is 35.5. The lowest BCUT2D eigenvalue weighted by Crippen LogP contribution is -2.54. The fourth-order valence-electron chi connectivity index (χ4n) is 6.81. The van der Waals surface area contributed by atoms with Crippen molar-refractivity contribution in [3.05, 3.63) is 64.5 Å². The first-order valence-corrected chi connectivity index (χ1v) is 13.0. The molecule has 3 fully saturated rings. The highest BCUT2D eigenvalue weighted by Crippen LogP contribution is 2.41. The Morgan fingerprint density at radius 2 is 1.85 bits per heavy atom. The summed E-state index contributed by atoms with van der Waals surface area (Å²) in [7, 11) is 4.45. The average molecular weight is 483 g/mol. The monoisotopic (exact) mass is 482 g/mol. The van der Waals surface area contributed by atoms with Gasteiger partial charge in [-0.1, -0.05) is 17.7 Å². The van der Waals surface area contributed by atoms with Crippen LogP contribution in [0.3, 0.4) is 0 Å². The van der Waals surface area contributed by atoms with E-state index in [1.54, 1.807) is 0 Å². The number of aromatic nitrogens is 1. The van der Waals surface area contributed by atoms with Crippen LogP contribution in [-0.2, 0) is 0 Å². The van der Waals surface area contributed by atoms with Crippen molar-refractivity contribution in [1.82, 2.24) is 29.9 Å². The Hall–Kier alpha value is -2.06. The zero-order chi connectivity index (χ0) is 23.4. The van der Waals surface area contributed by atoms with Crippen molar-refractivity contribution in [1.29, 1.82) is 0 Å². The SMILES string of the molecule is CN1C2CCC1CN(C1=CC=CC3NC(C4CCCC(c5ncccc5Cl)N4C)=C(CO)N13)C2. The van der Waals surface area contributed by atoms with Crippen molar-refractivity contribution < 1.29 is 5.11 Å². The highest BCUT2D eigenvalue weighted by Gasteiger charge is 2.44. The van der Waals surface area contributed by atoms with Crippen LogP contribution < -0.4 is 5.32 Å². The molecule has 0 aromatic carbocycles. The average Bonchev–Trinajstić information content (AvgIpc) is 3.30. The molecule has 0 saturated carbocycles. The van der Waals surface area contributed by atoms with Crippen molar-refractivity contribution in [3.63, 3.8) is 0 Å². The van der Waals surface area contributed by atoms with Gasteiger partial charge in [-0.2, -0.15) is 0 Å². The first-order valence-electron chi connectivity index (χ1n) is 12.6. The number of fused-ring (bicyclic) bond motifs is 3. The van der Waals surface area contributed by atoms with Crippen LogP contribution in [0, 0.1) is 0 Å². The van der Waals surface area contributed by atoms with Crippen LogP contribution >= 0.6 is 11.6 Å². The van der Waals surface area contributed by atoms with Crippen molar-refractivity contribution in [3.8, 4) is 0 Å². The maximum atomic E-state index is 10.6. The smallest absolute Gasteiger partial charge is 0.124 e. The number of pyridine rings is 1. The third-order valence-corrected chi connectivity index (χ3v) is 8.98. The van der Waals surface area contributed by atoms with E-state index in [9.17, 15) is 5.11 Å². The minimum Gasteiger partial charge on any atom is -0.390 e. The molecule has 5 atom stereocenters. The maximum Gasteiger partial charge on any atom is 0.124 e. The molecule has 5 aliphatic rings. The molecule has 0 spiro atoms. The molecule has 0 radical (unpaired) electrons. The number of likely N-dealkylation sites (N-methyl/N-ethyl adjacent to an activating group) is 2. The van der Waals surface area contributed by atoms with E-state index < -0.39 is 0 Å². The molecule has 6 rings (SSSR count). The van der Waals surface area contributed by atoms with Crippen LogP contribution in [0.4, 0.5) is 0 Å². The lowest BCUT2D eigenvalue weighted by Gasteiger charge is -2.45. The van der Waals surface area contributed by atoms with Gasteiger partial charge >= 0.3 is 0 Å². The summed E-state index contributed by atoms with van der Waals surface area (Å²) in [5.41, 5.74) is 3.09. The number of piperazine rings is 1. The summed E-state index contributed by atoms with van der Waals surface area (Å²) in [6.07, 6.45) is 14.2. The summed E-state index contributed by atoms with van der Waals surface area (Å²) in [6.45, 7) is 2.12. The van der Waals surface area contributed by atoms with Crippen molar-refractivity contribution in [2.75, 3.05) is 33.8 Å². The van der Waals surface area contributed by atoms with Gasteiger partial charge in [0.05, 0.1) is 40.8 Å². The Morgan fingerprint density at radius 1 is 1.09 bits per heavy atom. The van der Waals surface area contributed by atoms with Gasteiger partial charge in [0.1, 0.15) is 12.0 Å². The number of nitrogens with one attached hydrogen (secondary N) is 1. The standard InChI is InChI=1S/C26H35ClN6O/c1-30-17-11-12-18(30)15-32(14-17)24-10-4-9-23-29-26(22(16-34)33(23)24)21-8-3-7-20(31(21)2)25-19(27)6-5-13-28-25/h4-6,9-10,13,17-18,20-21,23,29,34H,3,7-8,11-12,14-16H2,1-2H3. The van der Waals surface area contributed by atoms with Gasteiger partial charge in [0.25, 0.3) is 0 Å². The predicted molar refractivity (Wildman–Crippen MR) is 134 cm³/mol. The van der Waals surface area contributed by atoms with Crippen molar-refractivity contribution in [2.45, 2.75) is 62.4 Å². The predicted octanol–water partition coefficient (Wildman–Crippen LogP) is 2.89. The van der Waals surface area contributed by atoms with Gasteiger partial charge in [-0.15, -0.1) is 0 Å². The van der Waals surface area contributed by atoms with E-state index >= 15 is 0 Å². The first-order chi connectivity index (χ1) is 16.6. The summed E-state index contributed by atoms with van der Waals surface area (Å²) in [4.78, 5) is 14.5. The van der Waals surface area contributed by atoms with Gasteiger partial charge < -0.3 is 20.2 Å².